The summed E-state index contributed by atoms with van der Waals surface area (Å²) in [4.78, 5) is 37.7. The molecule has 1 saturated heterocycles. The lowest BCUT2D eigenvalue weighted by molar-refractivity contribution is -0.134. The van der Waals surface area contributed by atoms with Crippen molar-refractivity contribution in [3.8, 4) is 0 Å². The third kappa shape index (κ3) is 3.68. The molecule has 1 atom stereocenters. The summed E-state index contributed by atoms with van der Waals surface area (Å²) in [6.07, 6.45) is 0. The van der Waals surface area contributed by atoms with Gasteiger partial charge in [-0.05, 0) is 42.3 Å². The summed E-state index contributed by atoms with van der Waals surface area (Å²) in [7, 11) is 0. The molecule has 146 valence electrons. The molecule has 1 heterocycles. The molecule has 0 bridgehead atoms. The predicted octanol–water partition coefficient (Wildman–Crippen LogP) is 2.19. The molecule has 1 fully saturated rings. The van der Waals surface area contributed by atoms with E-state index >= 15 is 0 Å². The number of amides is 4. The number of urea groups is 1. The first-order valence-corrected chi connectivity index (χ1v) is 8.31. The van der Waals surface area contributed by atoms with Gasteiger partial charge in [-0.2, -0.15) is 0 Å². The van der Waals surface area contributed by atoms with Gasteiger partial charge in [0.05, 0.1) is 0 Å². The fraction of sp³-hybridized carbons (Fsp3) is 0.211. The monoisotopic (exact) mass is 391 g/mol. The van der Waals surface area contributed by atoms with Crippen molar-refractivity contribution in [2.75, 3.05) is 6.54 Å². The van der Waals surface area contributed by atoms with Crippen LogP contribution in [0.25, 0.3) is 0 Å². The molecule has 0 radical (unpaired) electrons. The summed E-state index contributed by atoms with van der Waals surface area (Å²) < 4.78 is 39.6. The molecular weight excluding hydrogens is 375 g/mol. The zero-order chi connectivity index (χ0) is 20.5. The van der Waals surface area contributed by atoms with Gasteiger partial charge < -0.3 is 10.6 Å². The number of nitrogens with zero attached hydrogens (tertiary/aromatic N) is 1. The first-order valence-electron chi connectivity index (χ1n) is 8.31. The second-order valence-corrected chi connectivity index (χ2v) is 6.48. The van der Waals surface area contributed by atoms with Gasteiger partial charge in [0.15, 0.2) is 11.6 Å². The first-order chi connectivity index (χ1) is 13.2. The molecule has 1 aliphatic rings. The molecule has 0 spiro atoms. The van der Waals surface area contributed by atoms with Crippen LogP contribution in [0.15, 0.2) is 42.5 Å². The van der Waals surface area contributed by atoms with Crippen molar-refractivity contribution >= 4 is 17.8 Å². The Morgan fingerprint density at radius 1 is 1.07 bits per heavy atom. The highest BCUT2D eigenvalue weighted by Crippen LogP contribution is 2.29. The van der Waals surface area contributed by atoms with Crippen LogP contribution in [0.1, 0.15) is 18.1 Å². The molecule has 9 heteroatoms. The van der Waals surface area contributed by atoms with Crippen LogP contribution in [0, 0.1) is 17.5 Å². The van der Waals surface area contributed by atoms with Crippen molar-refractivity contribution in [3.63, 3.8) is 0 Å². The maximum Gasteiger partial charge on any atom is 0.325 e. The minimum atomic E-state index is -1.62. The number of nitrogens with one attached hydrogen (secondary N) is 2. The number of benzene rings is 2. The average Bonchev–Trinajstić information content (AvgIpc) is 2.87. The van der Waals surface area contributed by atoms with Gasteiger partial charge in [-0.15, -0.1) is 0 Å². The van der Waals surface area contributed by atoms with Crippen molar-refractivity contribution in [1.82, 2.24) is 15.5 Å². The zero-order valence-corrected chi connectivity index (χ0v) is 14.8. The van der Waals surface area contributed by atoms with Crippen LogP contribution in [-0.2, 0) is 21.7 Å². The summed E-state index contributed by atoms with van der Waals surface area (Å²) >= 11 is 0. The van der Waals surface area contributed by atoms with Gasteiger partial charge in [0, 0.05) is 6.54 Å². The SMILES string of the molecule is CC1(c2ccc(F)c(F)c2)NC(=O)N(CC(=O)NCc2ccc(F)cc2)C1=O. The maximum absolute atomic E-state index is 13.5. The second-order valence-electron chi connectivity index (χ2n) is 6.48. The molecule has 0 aliphatic carbocycles. The summed E-state index contributed by atoms with van der Waals surface area (Å²) in [6.45, 7) is 0.880. The highest BCUT2D eigenvalue weighted by Gasteiger charge is 2.49. The van der Waals surface area contributed by atoms with E-state index in [0.29, 0.717) is 10.5 Å². The van der Waals surface area contributed by atoms with Gasteiger partial charge >= 0.3 is 6.03 Å². The van der Waals surface area contributed by atoms with Crippen molar-refractivity contribution < 1.29 is 27.6 Å². The van der Waals surface area contributed by atoms with Crippen LogP contribution in [0.3, 0.4) is 0 Å². The molecule has 2 aromatic rings. The van der Waals surface area contributed by atoms with Gasteiger partial charge in [-0.3, -0.25) is 14.5 Å². The number of imide groups is 1. The van der Waals surface area contributed by atoms with E-state index in [1.54, 1.807) is 0 Å². The van der Waals surface area contributed by atoms with Crippen molar-refractivity contribution in [3.05, 3.63) is 71.0 Å². The summed E-state index contributed by atoms with van der Waals surface area (Å²) in [5.74, 6) is -4.02. The molecule has 4 amide bonds. The van der Waals surface area contributed by atoms with E-state index in [1.165, 1.54) is 37.3 Å². The molecule has 1 aliphatic heterocycles. The van der Waals surface area contributed by atoms with E-state index in [0.717, 1.165) is 12.1 Å². The van der Waals surface area contributed by atoms with Crippen LogP contribution in [0.5, 0.6) is 0 Å². The van der Waals surface area contributed by atoms with E-state index in [-0.39, 0.29) is 12.1 Å². The number of carbonyl (C=O) groups excluding carboxylic acids is 3. The largest absolute Gasteiger partial charge is 0.350 e. The van der Waals surface area contributed by atoms with Crippen LogP contribution in [-0.4, -0.2) is 29.3 Å². The second kappa shape index (κ2) is 7.34. The lowest BCUT2D eigenvalue weighted by Crippen LogP contribution is -2.43. The van der Waals surface area contributed by atoms with Crippen molar-refractivity contribution in [1.29, 1.82) is 0 Å². The average molecular weight is 391 g/mol. The molecule has 1 unspecified atom stereocenters. The first kappa shape index (κ1) is 19.4. The Hall–Kier alpha value is -3.36. The highest BCUT2D eigenvalue weighted by atomic mass is 19.2. The van der Waals surface area contributed by atoms with Gasteiger partial charge in [-0.25, -0.2) is 18.0 Å². The molecule has 28 heavy (non-hydrogen) atoms. The van der Waals surface area contributed by atoms with Gasteiger partial charge in [-0.1, -0.05) is 18.2 Å². The van der Waals surface area contributed by atoms with Crippen molar-refractivity contribution in [2.24, 2.45) is 0 Å². The van der Waals surface area contributed by atoms with Gasteiger partial charge in [0.1, 0.15) is 17.9 Å². The fourth-order valence-corrected chi connectivity index (χ4v) is 2.85. The lowest BCUT2D eigenvalue weighted by Gasteiger charge is -2.22. The van der Waals surface area contributed by atoms with Crippen LogP contribution < -0.4 is 10.6 Å². The maximum atomic E-state index is 13.5. The topological polar surface area (TPSA) is 78.5 Å². The van der Waals surface area contributed by atoms with E-state index in [9.17, 15) is 27.6 Å². The molecule has 6 nitrogen and oxygen atoms in total. The van der Waals surface area contributed by atoms with Crippen LogP contribution in [0.2, 0.25) is 0 Å². The number of hydrogen-bond donors (Lipinski definition) is 2. The van der Waals surface area contributed by atoms with E-state index < -0.39 is 47.4 Å². The standard InChI is InChI=1S/C19H16F3N3O3/c1-19(12-4-7-14(21)15(22)8-12)17(27)25(18(28)24-19)10-16(26)23-9-11-2-5-13(20)6-3-11/h2-8H,9-10H2,1H3,(H,23,26)(H,24,28). The van der Waals surface area contributed by atoms with E-state index in [1.807, 2.05) is 0 Å². The van der Waals surface area contributed by atoms with E-state index in [2.05, 4.69) is 10.6 Å². The minimum absolute atomic E-state index is 0.0546. The molecule has 2 N–H and O–H groups in total. The Morgan fingerprint density at radius 2 is 1.75 bits per heavy atom. The minimum Gasteiger partial charge on any atom is -0.350 e. The lowest BCUT2D eigenvalue weighted by atomic mass is 9.92. The van der Waals surface area contributed by atoms with Crippen LogP contribution >= 0.6 is 0 Å². The number of rotatable bonds is 5. The molecule has 0 saturated carbocycles. The Labute approximate surface area is 158 Å². The third-order valence-corrected chi connectivity index (χ3v) is 4.48. The van der Waals surface area contributed by atoms with Crippen LogP contribution in [0.4, 0.5) is 18.0 Å². The summed E-state index contributed by atoms with van der Waals surface area (Å²) in [5.41, 5.74) is -0.930. The smallest absolute Gasteiger partial charge is 0.325 e. The Morgan fingerprint density at radius 3 is 2.39 bits per heavy atom. The third-order valence-electron chi connectivity index (χ3n) is 4.48. The summed E-state index contributed by atoms with van der Waals surface area (Å²) in [5, 5.41) is 4.93. The molecule has 2 aromatic carbocycles. The van der Waals surface area contributed by atoms with E-state index in [4.69, 9.17) is 0 Å². The highest BCUT2D eigenvalue weighted by molar-refractivity contribution is 6.09. The number of carbonyl (C=O) groups is 3. The Bertz CT molecular complexity index is 949. The molecule has 0 aromatic heterocycles. The van der Waals surface area contributed by atoms with Gasteiger partial charge in [0.2, 0.25) is 5.91 Å². The normalized spacial score (nSPS) is 18.9. The fourth-order valence-electron chi connectivity index (χ4n) is 2.85. The quantitative estimate of drug-likeness (QED) is 0.767. The van der Waals surface area contributed by atoms with Crippen molar-refractivity contribution in [2.45, 2.75) is 19.0 Å². The van der Waals surface area contributed by atoms with Gasteiger partial charge in [0.25, 0.3) is 5.91 Å². The number of hydrogen-bond acceptors (Lipinski definition) is 3. The molecular formula is C19H16F3N3O3. The number of halogens is 3. The Kier molecular flexibility index (Phi) is 5.08. The molecule has 3 rings (SSSR count). The predicted molar refractivity (Wildman–Crippen MR) is 92.2 cm³/mol. The Balaban J connectivity index is 1.68. The zero-order valence-electron chi connectivity index (χ0n) is 14.8. The summed E-state index contributed by atoms with van der Waals surface area (Å²) in [6, 6.07) is 7.51.